The molecule has 0 saturated carbocycles. The maximum Gasteiger partial charge on any atom is 0.409 e. The van der Waals surface area contributed by atoms with Crippen molar-refractivity contribution in [1.29, 1.82) is 0 Å². The van der Waals surface area contributed by atoms with Gasteiger partial charge in [-0.3, -0.25) is 4.79 Å². The molecule has 134 valence electrons. The van der Waals surface area contributed by atoms with Crippen LogP contribution in [0.15, 0.2) is 24.3 Å². The van der Waals surface area contributed by atoms with Crippen LogP contribution in [0.5, 0.6) is 0 Å². The highest BCUT2D eigenvalue weighted by Gasteiger charge is 2.28. The number of hydrogen-bond donors (Lipinski definition) is 0. The fourth-order valence-corrected chi connectivity index (χ4v) is 3.54. The molecular weight excluding hydrogens is 318 g/mol. The average molecular weight is 343 g/mol. The minimum absolute atomic E-state index is 0.0408. The Balaban J connectivity index is 1.82. The zero-order valence-electron chi connectivity index (χ0n) is 15.1. The molecule has 1 aliphatic heterocycles. The molecule has 2 heterocycles. The lowest BCUT2D eigenvalue weighted by Crippen LogP contribution is -2.51. The molecule has 1 aliphatic rings. The van der Waals surface area contributed by atoms with Crippen LogP contribution in [0.25, 0.3) is 10.9 Å². The number of hydrogen-bond acceptors (Lipinski definition) is 3. The second-order valence-corrected chi connectivity index (χ2v) is 6.21. The quantitative estimate of drug-likeness (QED) is 0.861. The zero-order chi connectivity index (χ0) is 18.0. The normalized spacial score (nSPS) is 14.8. The fourth-order valence-electron chi connectivity index (χ4n) is 3.54. The molecule has 2 amide bonds. The van der Waals surface area contributed by atoms with Gasteiger partial charge in [-0.25, -0.2) is 4.79 Å². The van der Waals surface area contributed by atoms with Crippen LogP contribution in [0.4, 0.5) is 4.79 Å². The van der Waals surface area contributed by atoms with E-state index in [1.54, 1.807) is 11.8 Å². The third-order valence-corrected chi connectivity index (χ3v) is 4.84. The maximum atomic E-state index is 13.1. The number of fused-ring (bicyclic) bond motifs is 1. The Labute approximate surface area is 147 Å². The minimum Gasteiger partial charge on any atom is -0.450 e. The van der Waals surface area contributed by atoms with Gasteiger partial charge in [0.2, 0.25) is 0 Å². The highest BCUT2D eigenvalue weighted by molar-refractivity contribution is 6.01. The molecule has 0 unspecified atom stereocenters. The number of para-hydroxylation sites is 1. The van der Waals surface area contributed by atoms with Crippen LogP contribution in [-0.2, 0) is 11.3 Å². The minimum atomic E-state index is -0.298. The Kier molecular flexibility index (Phi) is 4.97. The van der Waals surface area contributed by atoms with E-state index in [2.05, 4.69) is 23.6 Å². The van der Waals surface area contributed by atoms with Crippen LogP contribution >= 0.6 is 0 Å². The first-order chi connectivity index (χ1) is 12.1. The Hall–Kier alpha value is -2.50. The smallest absolute Gasteiger partial charge is 0.409 e. The fraction of sp³-hybridized carbons (Fsp3) is 0.474. The van der Waals surface area contributed by atoms with Crippen LogP contribution in [0.3, 0.4) is 0 Å². The number of nitrogens with zero attached hydrogens (tertiary/aromatic N) is 3. The average Bonchev–Trinajstić information content (AvgIpc) is 2.93. The SMILES string of the molecule is CCOC(=O)N1CCN(C(=O)c2c(C)c3ccccc3n2CC)CC1. The number of piperazine rings is 1. The van der Waals surface area contributed by atoms with E-state index in [1.807, 2.05) is 24.0 Å². The first kappa shape index (κ1) is 17.3. The van der Waals surface area contributed by atoms with Crippen molar-refractivity contribution in [2.24, 2.45) is 0 Å². The number of carbonyl (C=O) groups is 2. The molecule has 0 atom stereocenters. The van der Waals surface area contributed by atoms with Crippen LogP contribution in [0.2, 0.25) is 0 Å². The van der Waals surface area contributed by atoms with Gasteiger partial charge in [0, 0.05) is 43.6 Å². The molecule has 3 rings (SSSR count). The molecule has 2 aromatic rings. The summed E-state index contributed by atoms with van der Waals surface area (Å²) in [5, 5.41) is 1.12. The predicted molar refractivity (Wildman–Crippen MR) is 96.8 cm³/mol. The monoisotopic (exact) mass is 343 g/mol. The molecule has 1 aromatic heterocycles. The number of ether oxygens (including phenoxy) is 1. The lowest BCUT2D eigenvalue weighted by Gasteiger charge is -2.34. The third-order valence-electron chi connectivity index (χ3n) is 4.84. The van der Waals surface area contributed by atoms with Gasteiger partial charge in [-0.1, -0.05) is 18.2 Å². The van der Waals surface area contributed by atoms with Crippen LogP contribution in [0.1, 0.15) is 29.9 Å². The second kappa shape index (κ2) is 7.17. The first-order valence-corrected chi connectivity index (χ1v) is 8.87. The summed E-state index contributed by atoms with van der Waals surface area (Å²) in [5.41, 5.74) is 2.87. The summed E-state index contributed by atoms with van der Waals surface area (Å²) in [6.45, 7) is 9.06. The van der Waals surface area contributed by atoms with Crippen molar-refractivity contribution in [1.82, 2.24) is 14.4 Å². The number of aromatic nitrogens is 1. The van der Waals surface area contributed by atoms with Crippen molar-refractivity contribution in [3.8, 4) is 0 Å². The molecule has 0 N–H and O–H groups in total. The van der Waals surface area contributed by atoms with Gasteiger partial charge >= 0.3 is 6.09 Å². The van der Waals surface area contributed by atoms with Gasteiger partial charge < -0.3 is 19.1 Å². The van der Waals surface area contributed by atoms with E-state index < -0.39 is 0 Å². The molecule has 6 nitrogen and oxygen atoms in total. The number of carbonyl (C=O) groups excluding carboxylic acids is 2. The van der Waals surface area contributed by atoms with E-state index >= 15 is 0 Å². The van der Waals surface area contributed by atoms with E-state index in [0.717, 1.165) is 28.7 Å². The molecule has 0 spiro atoms. The van der Waals surface area contributed by atoms with E-state index in [0.29, 0.717) is 32.8 Å². The van der Waals surface area contributed by atoms with Crippen LogP contribution < -0.4 is 0 Å². The van der Waals surface area contributed by atoms with Crippen LogP contribution in [0, 0.1) is 6.92 Å². The van der Waals surface area contributed by atoms with Gasteiger partial charge in [-0.15, -0.1) is 0 Å². The van der Waals surface area contributed by atoms with Gasteiger partial charge in [0.1, 0.15) is 5.69 Å². The zero-order valence-corrected chi connectivity index (χ0v) is 15.1. The number of amides is 2. The highest BCUT2D eigenvalue weighted by Crippen LogP contribution is 2.27. The Morgan fingerprint density at radius 3 is 2.32 bits per heavy atom. The standard InChI is InChI=1S/C19H25N3O3/c1-4-22-16-9-7-6-8-15(16)14(3)17(22)18(23)20-10-12-21(13-11-20)19(24)25-5-2/h6-9H,4-5,10-13H2,1-3H3. The lowest BCUT2D eigenvalue weighted by molar-refractivity contribution is 0.0562. The summed E-state index contributed by atoms with van der Waals surface area (Å²) < 4.78 is 7.12. The molecule has 1 fully saturated rings. The van der Waals surface area contributed by atoms with Crippen molar-refractivity contribution in [3.05, 3.63) is 35.5 Å². The van der Waals surface area contributed by atoms with E-state index in [9.17, 15) is 9.59 Å². The summed E-state index contributed by atoms with van der Waals surface area (Å²) in [6.07, 6.45) is -0.298. The molecular formula is C19H25N3O3. The van der Waals surface area contributed by atoms with Crippen LogP contribution in [-0.4, -0.2) is 59.2 Å². The number of aryl methyl sites for hydroxylation is 2. The molecule has 0 radical (unpaired) electrons. The van der Waals surface area contributed by atoms with Crippen molar-refractivity contribution >= 4 is 22.9 Å². The summed E-state index contributed by atoms with van der Waals surface area (Å²) in [5.74, 6) is 0.0408. The van der Waals surface area contributed by atoms with E-state index in [1.165, 1.54) is 0 Å². The van der Waals surface area contributed by atoms with Crippen molar-refractivity contribution in [3.63, 3.8) is 0 Å². The van der Waals surface area contributed by atoms with Gasteiger partial charge in [-0.05, 0) is 32.4 Å². The Bertz CT molecular complexity index is 789. The molecule has 0 bridgehead atoms. The summed E-state index contributed by atoms with van der Waals surface area (Å²) in [6, 6.07) is 8.12. The predicted octanol–water partition coefficient (Wildman–Crippen LogP) is 2.88. The molecule has 1 saturated heterocycles. The molecule has 1 aromatic carbocycles. The highest BCUT2D eigenvalue weighted by atomic mass is 16.6. The van der Waals surface area contributed by atoms with Gasteiger partial charge in [0.25, 0.3) is 5.91 Å². The molecule has 25 heavy (non-hydrogen) atoms. The second-order valence-electron chi connectivity index (χ2n) is 6.21. The summed E-state index contributed by atoms with van der Waals surface area (Å²) >= 11 is 0. The Morgan fingerprint density at radius 2 is 1.68 bits per heavy atom. The summed E-state index contributed by atoms with van der Waals surface area (Å²) in [4.78, 5) is 28.5. The van der Waals surface area contributed by atoms with Gasteiger partial charge in [0.05, 0.1) is 6.61 Å². The van der Waals surface area contributed by atoms with Gasteiger partial charge in [-0.2, -0.15) is 0 Å². The largest absolute Gasteiger partial charge is 0.450 e. The topological polar surface area (TPSA) is 54.8 Å². The van der Waals surface area contributed by atoms with Crippen molar-refractivity contribution in [2.45, 2.75) is 27.3 Å². The molecule has 6 heteroatoms. The number of benzene rings is 1. The third kappa shape index (κ3) is 3.08. The van der Waals surface area contributed by atoms with Crippen molar-refractivity contribution < 1.29 is 14.3 Å². The maximum absolute atomic E-state index is 13.1. The van der Waals surface area contributed by atoms with Gasteiger partial charge in [0.15, 0.2) is 0 Å². The first-order valence-electron chi connectivity index (χ1n) is 8.87. The Morgan fingerprint density at radius 1 is 1.04 bits per heavy atom. The summed E-state index contributed by atoms with van der Waals surface area (Å²) in [7, 11) is 0. The van der Waals surface area contributed by atoms with E-state index in [-0.39, 0.29) is 12.0 Å². The van der Waals surface area contributed by atoms with E-state index in [4.69, 9.17) is 4.74 Å². The lowest BCUT2D eigenvalue weighted by atomic mass is 10.1. The molecule has 0 aliphatic carbocycles. The van der Waals surface area contributed by atoms with Crippen molar-refractivity contribution in [2.75, 3.05) is 32.8 Å². The number of rotatable bonds is 3.